The van der Waals surface area contributed by atoms with Gasteiger partial charge in [0.15, 0.2) is 0 Å². The smallest absolute Gasteiger partial charge is 0.391 e. The lowest BCUT2D eigenvalue weighted by atomic mass is 9.72. The fourth-order valence-electron chi connectivity index (χ4n) is 13.6. The van der Waals surface area contributed by atoms with Crippen LogP contribution in [0.1, 0.15) is 140 Å². The van der Waals surface area contributed by atoms with Crippen LogP contribution in [0.4, 0.5) is 33.3 Å². The first kappa shape index (κ1) is 80.8. The molecule has 5 aromatic rings. The average Bonchev–Trinajstić information content (AvgIpc) is 0.963. The minimum atomic E-state index is -6.21. The maximum atomic E-state index is 14.6. The minimum absolute atomic E-state index is 0.0184. The first-order chi connectivity index (χ1) is 49.0. The van der Waals surface area contributed by atoms with Crippen LogP contribution in [0.3, 0.4) is 0 Å². The lowest BCUT2D eigenvalue weighted by Crippen LogP contribution is -2.57. The van der Waals surface area contributed by atoms with E-state index in [1.807, 2.05) is 73.2 Å². The predicted octanol–water partition coefficient (Wildman–Crippen LogP) is 11.8. The number of aromatic nitrogens is 1. The number of aryl methyl sites for hydroxylation is 1. The normalized spacial score (nSPS) is 18.8. The number of halogens is 5. The van der Waals surface area contributed by atoms with Crippen LogP contribution in [0.5, 0.6) is 0 Å². The van der Waals surface area contributed by atoms with E-state index >= 15 is 0 Å². The van der Waals surface area contributed by atoms with Gasteiger partial charge in [0.2, 0.25) is 30.1 Å². The number of carbonyl (C=O) groups excluding carboxylic acids is 5. The molecule has 3 saturated heterocycles. The number of carbonyl (C=O) groups is 5. The molecule has 20 nitrogen and oxygen atoms in total. The highest BCUT2D eigenvalue weighted by molar-refractivity contribution is 7.99. The molecule has 0 bridgehead atoms. The van der Waals surface area contributed by atoms with Crippen LogP contribution >= 0.6 is 23.1 Å². The highest BCUT2D eigenvalue weighted by Crippen LogP contribution is 2.43. The van der Waals surface area contributed by atoms with Crippen LogP contribution in [-0.4, -0.2) is 190 Å². The van der Waals surface area contributed by atoms with Crippen LogP contribution in [0.15, 0.2) is 141 Å². The maximum absolute atomic E-state index is 14.6. The molecule has 1 aromatic heterocycles. The summed E-state index contributed by atoms with van der Waals surface area (Å²) < 4.78 is 126. The summed E-state index contributed by atoms with van der Waals surface area (Å²) in [6.45, 7) is 23.0. The molecule has 3 fully saturated rings. The molecular weight excluding hydrogens is 1420 g/mol. The first-order valence-corrected chi connectivity index (χ1v) is 40.2. The Morgan fingerprint density at radius 1 is 0.817 bits per heavy atom. The van der Waals surface area contributed by atoms with Crippen LogP contribution < -0.4 is 25.6 Å². The lowest BCUT2D eigenvalue weighted by molar-refractivity contribution is -0.144. The molecule has 29 heteroatoms. The third-order valence-electron chi connectivity index (χ3n) is 19.8. The van der Waals surface area contributed by atoms with Crippen molar-refractivity contribution < 1.29 is 67.9 Å². The zero-order valence-electron chi connectivity index (χ0n) is 60.1. The number of nitrogens with one attached hydrogen (secondary N) is 4. The topological polar surface area (TPSA) is 251 Å². The summed E-state index contributed by atoms with van der Waals surface area (Å²) in [5.74, 6) is -2.32. The molecule has 5 amide bonds. The van der Waals surface area contributed by atoms with Crippen molar-refractivity contribution in [2.45, 2.75) is 176 Å². The SMILES string of the molecule is C=C(CCC(F)F)C1=C(CN2CCN(c3ccc(C(=O)NS(=O)(=O)c4ccc(N[C@H](CCN5CCN(C(=O)CCCCC(=O)N[C@H](C(=O)N6C[C@H](O)C[C@H]6C(=O)N[C@@H](C)c6ccc(-c7scnc7C)cc6)C(C)(C)C)CC5)CSc5ccccc5)c(S(=O)(=O)C(F)(F)F)c4)cc3)CC2)CCC(C)(C)C1. The van der Waals surface area contributed by atoms with Gasteiger partial charge in [-0.25, -0.2) is 35.3 Å². The number of alkyl halides is 5. The second-order valence-corrected chi connectivity index (χ2v) is 34.9. The fourth-order valence-corrected chi connectivity index (χ4v) is 17.4. The summed E-state index contributed by atoms with van der Waals surface area (Å²) in [7, 11) is -11.2. The molecule has 4 aromatic carbocycles. The number of thioether (sulfide) groups is 1. The maximum Gasteiger partial charge on any atom is 0.501 e. The van der Waals surface area contributed by atoms with Crippen molar-refractivity contribution in [1.29, 1.82) is 0 Å². The Balaban J connectivity index is 0.755. The molecule has 0 spiro atoms. The van der Waals surface area contributed by atoms with Crippen molar-refractivity contribution in [3.05, 3.63) is 143 Å². The van der Waals surface area contributed by atoms with E-state index in [0.717, 1.165) is 74.8 Å². The van der Waals surface area contributed by atoms with E-state index < -0.39 is 107 Å². The number of aliphatic hydroxyl groups excluding tert-OH is 1. The number of nitrogens with zero attached hydrogens (tertiary/aromatic N) is 6. The highest BCUT2D eigenvalue weighted by atomic mass is 32.2. The summed E-state index contributed by atoms with van der Waals surface area (Å²) >= 11 is 2.91. The molecular formula is C75H97F5N10O10S4. The van der Waals surface area contributed by atoms with Crippen molar-refractivity contribution in [2.24, 2.45) is 10.8 Å². The van der Waals surface area contributed by atoms with E-state index in [9.17, 15) is 67.9 Å². The molecule has 4 heterocycles. The number of allylic oxidation sites excluding steroid dienone is 2. The number of rotatable bonds is 30. The summed E-state index contributed by atoms with van der Waals surface area (Å²) in [6, 6.07) is 22.2. The molecule has 104 heavy (non-hydrogen) atoms. The summed E-state index contributed by atoms with van der Waals surface area (Å²) in [5.41, 5.74) is 1.26. The summed E-state index contributed by atoms with van der Waals surface area (Å²) in [6.07, 6.45) is 0.472. The molecule has 3 aliphatic heterocycles. The second kappa shape index (κ2) is 35.0. The Morgan fingerprint density at radius 2 is 1.48 bits per heavy atom. The number of sulfone groups is 1. The zero-order valence-corrected chi connectivity index (χ0v) is 63.3. The van der Waals surface area contributed by atoms with E-state index in [2.05, 4.69) is 56.1 Å². The number of thiazole rings is 1. The number of benzene rings is 4. The molecule has 5 N–H and O–H groups in total. The lowest BCUT2D eigenvalue weighted by Gasteiger charge is -2.39. The number of unbranched alkanes of at least 4 members (excludes halogenated alkanes) is 1. The standard InChI is InChI=1S/C75H97F5N10O10S4/c1-49(18-29-65(76)77)61-44-74(7,8)32-30-55(61)45-87-36-38-88(39-37-87)57-25-23-54(24-26-57)70(94)85-104(99,100)60-27-28-62(64(43-60)103(97,98)75(78,79)80)83-56(47-101-59-14-10-9-11-15-59)31-33-86-34-40-89(41-35-86)67(93)17-13-12-16-66(92)84-69(73(4,5)6)72(96)90-46-58(91)42-63(90)71(95)82-50(2)52-19-21-53(22-20-52)68-51(3)81-48-102-68/h9-11,14-15,19-28,43,48,50,56,58,63,65,69,83,91H,1,12-13,16-18,29-42,44-47H2,2-8H3,(H,82,95)(H,84,92)(H,85,94)/t50-,56+,58+,63-,69+/m0/s1. The number of β-amino-alcohol motifs (C(OH)–C–C–N with tert-alkyl or cyclic N) is 1. The van der Waals surface area contributed by atoms with Gasteiger partial charge in [-0.05, 0) is 141 Å². The van der Waals surface area contributed by atoms with Gasteiger partial charge >= 0.3 is 5.51 Å². The number of sulfonamides is 1. The second-order valence-electron chi connectivity index (χ2n) is 29.4. The number of hydrogen-bond donors (Lipinski definition) is 5. The molecule has 0 unspecified atom stereocenters. The van der Waals surface area contributed by atoms with Crippen molar-refractivity contribution in [1.82, 2.24) is 39.9 Å². The van der Waals surface area contributed by atoms with Gasteiger partial charge < -0.3 is 35.8 Å². The number of piperazine rings is 2. The Hall–Kier alpha value is -7.28. The van der Waals surface area contributed by atoms with Gasteiger partial charge in [-0.3, -0.25) is 33.8 Å². The Labute approximate surface area is 616 Å². The molecule has 5 atom stereocenters. The average molecular weight is 1520 g/mol. The van der Waals surface area contributed by atoms with Crippen molar-refractivity contribution >= 4 is 83.9 Å². The first-order valence-electron chi connectivity index (χ1n) is 35.4. The van der Waals surface area contributed by atoms with E-state index in [0.29, 0.717) is 84.4 Å². The Morgan fingerprint density at radius 3 is 2.12 bits per heavy atom. The molecule has 0 radical (unpaired) electrons. The van der Waals surface area contributed by atoms with E-state index in [4.69, 9.17) is 0 Å². The quantitative estimate of drug-likeness (QED) is 0.0163. The van der Waals surface area contributed by atoms with Gasteiger partial charge in [-0.15, -0.1) is 23.1 Å². The van der Waals surface area contributed by atoms with Crippen LogP contribution in [0.25, 0.3) is 10.4 Å². The van der Waals surface area contributed by atoms with E-state index in [1.165, 1.54) is 34.4 Å². The predicted molar refractivity (Wildman–Crippen MR) is 396 cm³/mol. The van der Waals surface area contributed by atoms with Gasteiger partial charge in [0.05, 0.1) is 38.8 Å². The molecule has 566 valence electrons. The number of hydrogen-bond acceptors (Lipinski definition) is 17. The fraction of sp³-hybridized carbons (Fsp3) is 0.520. The van der Waals surface area contributed by atoms with Crippen LogP contribution in [0.2, 0.25) is 0 Å². The third-order valence-corrected chi connectivity index (χ3v) is 24.8. The number of amides is 5. The van der Waals surface area contributed by atoms with Crippen molar-refractivity contribution in [3.63, 3.8) is 0 Å². The third kappa shape index (κ3) is 21.5. The van der Waals surface area contributed by atoms with Gasteiger partial charge in [-0.1, -0.05) is 94.8 Å². The van der Waals surface area contributed by atoms with Crippen LogP contribution in [0, 0.1) is 17.8 Å². The molecule has 9 rings (SSSR count). The molecule has 1 aliphatic carbocycles. The minimum Gasteiger partial charge on any atom is -0.391 e. The van der Waals surface area contributed by atoms with E-state index in [1.54, 1.807) is 54.7 Å². The largest absolute Gasteiger partial charge is 0.501 e. The van der Waals surface area contributed by atoms with Crippen LogP contribution in [-0.2, 0) is 39.0 Å². The number of likely N-dealkylation sites (tertiary alicyclic amines) is 1. The summed E-state index contributed by atoms with van der Waals surface area (Å²) in [5, 5.41) is 19.6. The zero-order chi connectivity index (χ0) is 75.5. The van der Waals surface area contributed by atoms with Crippen molar-refractivity contribution in [2.75, 3.05) is 88.0 Å². The van der Waals surface area contributed by atoms with Crippen molar-refractivity contribution in [3.8, 4) is 10.4 Å². The summed E-state index contributed by atoms with van der Waals surface area (Å²) in [4.78, 5) is 82.3. The molecule has 4 aliphatic rings. The highest BCUT2D eigenvalue weighted by Gasteiger charge is 2.49. The van der Waals surface area contributed by atoms with Gasteiger partial charge in [0, 0.05) is 126 Å². The Bertz CT molecular complexity index is 4100. The monoisotopic (exact) mass is 1520 g/mol. The van der Waals surface area contributed by atoms with Gasteiger partial charge in [-0.2, -0.15) is 13.2 Å². The Kier molecular flexibility index (Phi) is 27.2. The number of aliphatic hydroxyl groups is 1. The molecule has 0 saturated carbocycles. The van der Waals surface area contributed by atoms with Gasteiger partial charge in [0.1, 0.15) is 17.0 Å². The number of anilines is 2. The van der Waals surface area contributed by atoms with Gasteiger partial charge in [0.25, 0.3) is 25.8 Å². The van der Waals surface area contributed by atoms with E-state index in [-0.39, 0.29) is 67.7 Å².